The minimum atomic E-state index is 0. The van der Waals surface area contributed by atoms with Crippen LogP contribution >= 0.6 is 0 Å². The van der Waals surface area contributed by atoms with E-state index in [2.05, 4.69) is 0 Å². The first-order valence-electron chi connectivity index (χ1n) is 0. The van der Waals surface area contributed by atoms with Gasteiger partial charge in [0.2, 0.25) is 0 Å². The van der Waals surface area contributed by atoms with Crippen LogP contribution in [0.5, 0.6) is 0 Å². The average Bonchev–Trinajstić information content (AvgIpc) is 0. The molecule has 6 N–H and O–H groups in total. The van der Waals surface area contributed by atoms with Gasteiger partial charge in [0.15, 0.2) is 0 Å². The standard InChI is InChI=1S/2Ag.Cr.4H2O/h;;;4*1H2/q2*+1;;;;;/p-2. The molecule has 0 heterocycles. The van der Waals surface area contributed by atoms with Gasteiger partial charge in [-0.3, -0.25) is 0 Å². The maximum absolute atomic E-state index is 0. The molecule has 7 heavy (non-hydrogen) atoms. The van der Waals surface area contributed by atoms with E-state index in [1.807, 2.05) is 0 Å². The second-order valence-electron chi connectivity index (χ2n) is 0. The van der Waals surface area contributed by atoms with Gasteiger partial charge in [-0.1, -0.05) is 0 Å². The number of hydrogen-bond donors (Lipinski definition) is 0. The van der Waals surface area contributed by atoms with E-state index in [-0.39, 0.29) is 84.0 Å². The molecule has 0 unspecified atom stereocenters. The summed E-state index contributed by atoms with van der Waals surface area (Å²) in [5, 5.41) is 0. The van der Waals surface area contributed by atoms with Crippen molar-refractivity contribution in [1.82, 2.24) is 0 Å². The Balaban J connectivity index is 0. The Bertz CT molecular complexity index is 9.65. The van der Waals surface area contributed by atoms with E-state index in [0.29, 0.717) is 0 Å². The van der Waals surface area contributed by atoms with Crippen LogP contribution < -0.4 is 0 Å². The van der Waals surface area contributed by atoms with Crippen LogP contribution in [-0.2, 0) is 62.1 Å². The third-order valence-electron chi connectivity index (χ3n) is 0. The first kappa shape index (κ1) is 159. The minimum absolute atomic E-state index is 0. The molecule has 0 rings (SSSR count). The molecule has 0 saturated heterocycles. The Morgan fingerprint density at radius 2 is 0.571 bits per heavy atom. The van der Waals surface area contributed by atoms with E-state index in [1.165, 1.54) is 0 Å². The first-order valence-corrected chi connectivity index (χ1v) is 0. The van der Waals surface area contributed by atoms with Crippen molar-refractivity contribution in [2.75, 3.05) is 0 Å². The Labute approximate surface area is 83.4 Å². The van der Waals surface area contributed by atoms with E-state index in [9.17, 15) is 0 Å². The number of rotatable bonds is 0. The third-order valence-corrected chi connectivity index (χ3v) is 0. The van der Waals surface area contributed by atoms with Crippen LogP contribution in [0, 0.1) is 0 Å². The van der Waals surface area contributed by atoms with Crippen LogP contribution in [0.25, 0.3) is 0 Å². The molecule has 0 saturated carbocycles. The van der Waals surface area contributed by atoms with Crippen LogP contribution in [-0.4, -0.2) is 21.9 Å². The third kappa shape index (κ3) is 78.4. The van der Waals surface area contributed by atoms with Crippen molar-refractivity contribution in [2.24, 2.45) is 0 Å². The van der Waals surface area contributed by atoms with E-state index in [4.69, 9.17) is 0 Å². The molecule has 0 aromatic carbocycles. The predicted octanol–water partition coefficient (Wildman–Crippen LogP) is -2.01. The molecule has 0 fully saturated rings. The average molecular weight is 338 g/mol. The van der Waals surface area contributed by atoms with Crippen LogP contribution in [0.1, 0.15) is 0 Å². The van der Waals surface area contributed by atoms with Crippen LogP contribution in [0.15, 0.2) is 0 Å². The van der Waals surface area contributed by atoms with Gasteiger partial charge in [0.25, 0.3) is 0 Å². The summed E-state index contributed by atoms with van der Waals surface area (Å²) in [5.74, 6) is 0. The second kappa shape index (κ2) is 107. The largest absolute Gasteiger partial charge is 1.00 e. The molecule has 0 radical (unpaired) electrons. The Morgan fingerprint density at radius 3 is 0.571 bits per heavy atom. The minimum Gasteiger partial charge on any atom is -0.870 e. The van der Waals surface area contributed by atoms with Crippen molar-refractivity contribution in [2.45, 2.75) is 0 Å². The van der Waals surface area contributed by atoms with Crippen molar-refractivity contribution in [3.63, 3.8) is 0 Å². The zero-order valence-corrected chi connectivity index (χ0v) is 7.15. The van der Waals surface area contributed by atoms with E-state index in [1.54, 1.807) is 0 Å². The smallest absolute Gasteiger partial charge is 0.870 e. The van der Waals surface area contributed by atoms with E-state index >= 15 is 0 Å². The molecule has 0 aromatic rings. The summed E-state index contributed by atoms with van der Waals surface area (Å²) in [6.45, 7) is 0. The van der Waals surface area contributed by atoms with Crippen molar-refractivity contribution in [1.29, 1.82) is 0 Å². The Kier molecular flexibility index (Phi) is 2440. The molecule has 0 atom stereocenters. The molecule has 0 aliphatic rings. The molecule has 0 aliphatic carbocycles. The van der Waals surface area contributed by atoms with Crippen molar-refractivity contribution in [3.05, 3.63) is 0 Å². The molecule has 0 amide bonds. The zero-order chi connectivity index (χ0) is 0. The SMILES string of the molecule is O.O.[Ag+].[Ag+].[Cr].[OH-].[OH-]. The normalized spacial score (nSPS) is 0. The predicted molar refractivity (Wildman–Crippen MR) is 11.1 cm³/mol. The molecule has 0 spiro atoms. The van der Waals surface area contributed by atoms with E-state index < -0.39 is 0 Å². The summed E-state index contributed by atoms with van der Waals surface area (Å²) >= 11 is 0. The van der Waals surface area contributed by atoms with Gasteiger partial charge < -0.3 is 21.9 Å². The van der Waals surface area contributed by atoms with Crippen LogP contribution in [0.2, 0.25) is 0 Å². The summed E-state index contributed by atoms with van der Waals surface area (Å²) in [7, 11) is 0. The van der Waals surface area contributed by atoms with Crippen molar-refractivity contribution < 1.29 is 84.0 Å². The van der Waals surface area contributed by atoms with Crippen LogP contribution in [0.4, 0.5) is 0 Å². The van der Waals surface area contributed by atoms with Gasteiger partial charge >= 0.3 is 44.8 Å². The maximum atomic E-state index is 0. The van der Waals surface area contributed by atoms with Gasteiger partial charge in [-0.25, -0.2) is 0 Å². The summed E-state index contributed by atoms with van der Waals surface area (Å²) < 4.78 is 0. The summed E-state index contributed by atoms with van der Waals surface area (Å²) in [4.78, 5) is 0. The molecule has 4 nitrogen and oxygen atoms in total. The van der Waals surface area contributed by atoms with Crippen molar-refractivity contribution in [3.8, 4) is 0 Å². The monoisotopic (exact) mass is 336 g/mol. The molecular weight excluding hydrogens is 332 g/mol. The fourth-order valence-electron chi connectivity index (χ4n) is 0. The van der Waals surface area contributed by atoms with E-state index in [0.717, 1.165) is 0 Å². The quantitative estimate of drug-likeness (QED) is 0.474. The summed E-state index contributed by atoms with van der Waals surface area (Å²) in [6.07, 6.45) is 0. The van der Waals surface area contributed by atoms with Gasteiger partial charge in [0.1, 0.15) is 0 Å². The van der Waals surface area contributed by atoms with Gasteiger partial charge in [-0.2, -0.15) is 0 Å². The van der Waals surface area contributed by atoms with Gasteiger partial charge in [0.05, 0.1) is 0 Å². The topological polar surface area (TPSA) is 123 Å². The van der Waals surface area contributed by atoms with Gasteiger partial charge in [0, 0.05) is 17.4 Å². The Hall–Kier alpha value is 1.85. The zero-order valence-electron chi connectivity index (χ0n) is 2.91. The Morgan fingerprint density at radius 1 is 0.571 bits per heavy atom. The summed E-state index contributed by atoms with van der Waals surface area (Å²) in [6, 6.07) is 0. The van der Waals surface area contributed by atoms with Gasteiger partial charge in [-0.15, -0.1) is 0 Å². The molecule has 0 aromatic heterocycles. The molecule has 7 heteroatoms. The summed E-state index contributed by atoms with van der Waals surface area (Å²) in [5.41, 5.74) is 0. The molecule has 0 bridgehead atoms. The maximum Gasteiger partial charge on any atom is 1.00 e. The first-order chi connectivity index (χ1) is 0. The molecule has 58 valence electrons. The van der Waals surface area contributed by atoms with Crippen LogP contribution in [0.3, 0.4) is 0 Å². The fraction of sp³-hybridized carbons (Fsp3) is 0. The van der Waals surface area contributed by atoms with Crippen molar-refractivity contribution >= 4 is 0 Å². The second-order valence-corrected chi connectivity index (χ2v) is 0. The number of hydrogen-bond acceptors (Lipinski definition) is 2. The molecule has 0 aliphatic heterocycles. The fourth-order valence-corrected chi connectivity index (χ4v) is 0. The molecular formula is H6Ag2CrO4. The van der Waals surface area contributed by atoms with Gasteiger partial charge in [-0.05, 0) is 0 Å².